The maximum atomic E-state index is 8.61. The molecule has 0 atom stereocenters. The third-order valence-electron chi connectivity index (χ3n) is 3.35. The number of rotatable bonds is 5. The van der Waals surface area contributed by atoms with Crippen molar-refractivity contribution in [2.75, 3.05) is 25.6 Å². The first kappa shape index (κ1) is 18.2. The zero-order chi connectivity index (χ0) is 17.4. The number of hydrogen-bond acceptors (Lipinski definition) is 5. The minimum absolute atomic E-state index is 0.0618. The SMILES string of the molecule is Cn1c(CCOCCO)cc2cc(Cl)cnc21.Nc1cccnc1. The number of anilines is 1. The van der Waals surface area contributed by atoms with Crippen LogP contribution in [0.15, 0.2) is 42.9 Å². The molecule has 0 saturated carbocycles. The molecule has 6 nitrogen and oxygen atoms in total. The molecule has 0 amide bonds. The summed E-state index contributed by atoms with van der Waals surface area (Å²) in [5, 5.41) is 10.3. The molecule has 3 N–H and O–H groups in total. The molecule has 0 aliphatic carbocycles. The van der Waals surface area contributed by atoms with Gasteiger partial charge in [-0.1, -0.05) is 11.6 Å². The van der Waals surface area contributed by atoms with Crippen molar-refractivity contribution in [1.82, 2.24) is 14.5 Å². The van der Waals surface area contributed by atoms with Crippen LogP contribution in [-0.2, 0) is 18.2 Å². The number of nitrogen functional groups attached to an aromatic ring is 1. The van der Waals surface area contributed by atoms with E-state index in [1.54, 1.807) is 30.7 Å². The molecule has 0 fully saturated rings. The summed E-state index contributed by atoms with van der Waals surface area (Å²) in [5.41, 5.74) is 8.07. The second-order valence-electron chi connectivity index (χ2n) is 5.13. The Balaban J connectivity index is 0.000000249. The number of halogens is 1. The molecule has 0 saturated heterocycles. The van der Waals surface area contributed by atoms with Gasteiger partial charge < -0.3 is 20.1 Å². The number of aliphatic hydroxyl groups is 1. The van der Waals surface area contributed by atoms with Gasteiger partial charge in [-0.25, -0.2) is 4.98 Å². The monoisotopic (exact) mass is 348 g/mol. The topological polar surface area (TPSA) is 86.2 Å². The Morgan fingerprint density at radius 1 is 1.29 bits per heavy atom. The smallest absolute Gasteiger partial charge is 0.139 e. The summed E-state index contributed by atoms with van der Waals surface area (Å²) < 4.78 is 7.29. The van der Waals surface area contributed by atoms with Gasteiger partial charge in [0.1, 0.15) is 5.65 Å². The van der Waals surface area contributed by atoms with E-state index in [0.717, 1.165) is 23.1 Å². The molecule has 3 aromatic heterocycles. The first-order valence-corrected chi connectivity index (χ1v) is 7.93. The van der Waals surface area contributed by atoms with Crippen LogP contribution in [0.4, 0.5) is 5.69 Å². The Labute approximate surface area is 145 Å². The fourth-order valence-electron chi connectivity index (χ4n) is 2.21. The van der Waals surface area contributed by atoms with Gasteiger partial charge in [0.25, 0.3) is 0 Å². The Kier molecular flexibility index (Phi) is 6.99. The lowest BCUT2D eigenvalue weighted by Crippen LogP contribution is -2.06. The quantitative estimate of drug-likeness (QED) is 0.692. The number of hydrogen-bond donors (Lipinski definition) is 2. The molecule has 3 rings (SSSR count). The average molecular weight is 349 g/mol. The third kappa shape index (κ3) is 5.19. The molecule has 3 aromatic rings. The van der Waals surface area contributed by atoms with Gasteiger partial charge in [-0.15, -0.1) is 0 Å². The van der Waals surface area contributed by atoms with Gasteiger partial charge in [-0.05, 0) is 24.3 Å². The molecule has 24 heavy (non-hydrogen) atoms. The van der Waals surface area contributed by atoms with Crippen LogP contribution in [0.25, 0.3) is 11.0 Å². The van der Waals surface area contributed by atoms with Crippen LogP contribution in [-0.4, -0.2) is 39.5 Å². The summed E-state index contributed by atoms with van der Waals surface area (Å²) in [6, 6.07) is 7.57. The summed E-state index contributed by atoms with van der Waals surface area (Å²) >= 11 is 5.90. The molecule has 0 aliphatic heterocycles. The Morgan fingerprint density at radius 2 is 2.12 bits per heavy atom. The van der Waals surface area contributed by atoms with Crippen LogP contribution in [0.1, 0.15) is 5.69 Å². The predicted molar refractivity (Wildman–Crippen MR) is 96.0 cm³/mol. The van der Waals surface area contributed by atoms with Crippen molar-refractivity contribution < 1.29 is 9.84 Å². The first-order chi connectivity index (χ1) is 11.6. The van der Waals surface area contributed by atoms with E-state index in [9.17, 15) is 0 Å². The van der Waals surface area contributed by atoms with Gasteiger partial charge in [-0.2, -0.15) is 0 Å². The number of nitrogens with two attached hydrogens (primary N) is 1. The molecule has 0 aliphatic rings. The van der Waals surface area contributed by atoms with Gasteiger partial charge in [0.05, 0.1) is 30.5 Å². The minimum atomic E-state index is 0.0618. The molecule has 0 bridgehead atoms. The van der Waals surface area contributed by atoms with E-state index < -0.39 is 0 Å². The third-order valence-corrected chi connectivity index (χ3v) is 3.56. The highest BCUT2D eigenvalue weighted by Crippen LogP contribution is 2.20. The van der Waals surface area contributed by atoms with Gasteiger partial charge >= 0.3 is 0 Å². The van der Waals surface area contributed by atoms with Crippen molar-refractivity contribution >= 4 is 28.3 Å². The molecular weight excluding hydrogens is 328 g/mol. The van der Waals surface area contributed by atoms with E-state index in [0.29, 0.717) is 23.9 Å². The highest BCUT2D eigenvalue weighted by Gasteiger charge is 2.07. The van der Waals surface area contributed by atoms with Crippen LogP contribution < -0.4 is 5.73 Å². The van der Waals surface area contributed by atoms with E-state index in [2.05, 4.69) is 16.0 Å². The summed E-state index contributed by atoms with van der Waals surface area (Å²) in [4.78, 5) is 8.05. The predicted octanol–water partition coefficient (Wildman–Crippen LogP) is 2.44. The minimum Gasteiger partial charge on any atom is -0.397 e. The van der Waals surface area contributed by atoms with Crippen LogP contribution in [0.2, 0.25) is 5.02 Å². The van der Waals surface area contributed by atoms with Crippen molar-refractivity contribution in [3.63, 3.8) is 0 Å². The average Bonchev–Trinajstić information content (AvgIpc) is 2.88. The Bertz CT molecular complexity index is 762. The summed E-state index contributed by atoms with van der Waals surface area (Å²) in [7, 11) is 1.98. The zero-order valence-corrected chi connectivity index (χ0v) is 14.3. The van der Waals surface area contributed by atoms with Crippen molar-refractivity contribution in [2.45, 2.75) is 6.42 Å². The molecule has 7 heteroatoms. The molecular formula is C17H21ClN4O2. The molecule has 0 aromatic carbocycles. The van der Waals surface area contributed by atoms with Crippen LogP contribution in [0.5, 0.6) is 0 Å². The first-order valence-electron chi connectivity index (χ1n) is 7.55. The molecule has 0 unspecified atom stereocenters. The zero-order valence-electron chi connectivity index (χ0n) is 13.5. The van der Waals surface area contributed by atoms with Crippen molar-refractivity contribution in [2.24, 2.45) is 7.05 Å². The van der Waals surface area contributed by atoms with Crippen molar-refractivity contribution in [1.29, 1.82) is 0 Å². The van der Waals surface area contributed by atoms with Gasteiger partial charge in [-0.3, -0.25) is 4.98 Å². The van der Waals surface area contributed by atoms with E-state index in [1.807, 2.05) is 17.7 Å². The van der Waals surface area contributed by atoms with E-state index in [1.165, 1.54) is 0 Å². The number of aryl methyl sites for hydroxylation is 1. The van der Waals surface area contributed by atoms with Gasteiger partial charge in [0.15, 0.2) is 0 Å². The maximum absolute atomic E-state index is 8.61. The second-order valence-corrected chi connectivity index (χ2v) is 5.57. The molecule has 0 spiro atoms. The fourth-order valence-corrected chi connectivity index (χ4v) is 2.37. The highest BCUT2D eigenvalue weighted by molar-refractivity contribution is 6.31. The van der Waals surface area contributed by atoms with Crippen LogP contribution in [0, 0.1) is 0 Å². The van der Waals surface area contributed by atoms with Gasteiger partial charge in [0, 0.05) is 43.1 Å². The van der Waals surface area contributed by atoms with Crippen LogP contribution in [0.3, 0.4) is 0 Å². The number of pyridine rings is 2. The number of aromatic nitrogens is 3. The Hall–Kier alpha value is -2.15. The van der Waals surface area contributed by atoms with Crippen molar-refractivity contribution in [3.8, 4) is 0 Å². The lowest BCUT2D eigenvalue weighted by molar-refractivity contribution is 0.0938. The largest absolute Gasteiger partial charge is 0.397 e. The summed E-state index contributed by atoms with van der Waals surface area (Å²) in [5.74, 6) is 0. The van der Waals surface area contributed by atoms with Crippen molar-refractivity contribution in [3.05, 3.63) is 53.6 Å². The summed E-state index contributed by atoms with van der Waals surface area (Å²) in [6.45, 7) is 1.04. The van der Waals surface area contributed by atoms with E-state index in [4.69, 9.17) is 27.2 Å². The van der Waals surface area contributed by atoms with Crippen LogP contribution >= 0.6 is 11.6 Å². The standard InChI is InChI=1S/C12H15ClN2O2.C5H6N2/c1-15-11(2-4-17-5-3-16)7-9-6-10(13)8-14-12(9)15;6-5-2-1-3-7-4-5/h6-8,16H,2-5H2,1H3;1-4H,6H2. The lowest BCUT2D eigenvalue weighted by Gasteiger charge is -2.04. The number of nitrogens with zero attached hydrogens (tertiary/aromatic N) is 3. The number of fused-ring (bicyclic) bond motifs is 1. The Morgan fingerprint density at radius 3 is 2.75 bits per heavy atom. The highest BCUT2D eigenvalue weighted by atomic mass is 35.5. The molecule has 0 radical (unpaired) electrons. The van der Waals surface area contributed by atoms with E-state index >= 15 is 0 Å². The van der Waals surface area contributed by atoms with Gasteiger partial charge in [0.2, 0.25) is 0 Å². The summed E-state index contributed by atoms with van der Waals surface area (Å²) in [6.07, 6.45) is 5.75. The molecule has 128 valence electrons. The molecule has 3 heterocycles. The fraction of sp³-hybridized carbons (Fsp3) is 0.294. The normalized spacial score (nSPS) is 10.5. The lowest BCUT2D eigenvalue weighted by atomic mass is 10.3. The van der Waals surface area contributed by atoms with E-state index in [-0.39, 0.29) is 6.61 Å². The number of aliphatic hydroxyl groups excluding tert-OH is 1. The second kappa shape index (κ2) is 9.22. The maximum Gasteiger partial charge on any atom is 0.139 e. The number of ether oxygens (including phenoxy) is 1.